The fraction of sp³-hybridized carbons (Fsp3) is 0.448. The predicted octanol–water partition coefficient (Wildman–Crippen LogP) is 4.59. The molecule has 182 valence electrons. The van der Waals surface area contributed by atoms with E-state index in [-0.39, 0.29) is 5.91 Å². The van der Waals surface area contributed by atoms with Crippen LogP contribution >= 0.6 is 0 Å². The summed E-state index contributed by atoms with van der Waals surface area (Å²) in [6, 6.07) is 17.4. The lowest BCUT2D eigenvalue weighted by atomic mass is 9.97. The molecule has 4 heterocycles. The van der Waals surface area contributed by atoms with Gasteiger partial charge in [0.25, 0.3) is 5.91 Å². The maximum atomic E-state index is 13.5. The number of hydrogen-bond donors (Lipinski definition) is 1. The molecule has 2 fully saturated rings. The molecule has 6 rings (SSSR count). The SMILES string of the molecule is O=C(c1cn[nH]c1C1CCN(Cc2ccccc2N2CCCCC2)C1)N1CCc2ccccc2C1. The Morgan fingerprint density at radius 2 is 1.74 bits per heavy atom. The summed E-state index contributed by atoms with van der Waals surface area (Å²) in [4.78, 5) is 20.6. The fourth-order valence-corrected chi connectivity index (χ4v) is 6.16. The van der Waals surface area contributed by atoms with Crippen molar-refractivity contribution in [2.24, 2.45) is 0 Å². The minimum atomic E-state index is 0.108. The van der Waals surface area contributed by atoms with Crippen molar-refractivity contribution in [2.45, 2.75) is 51.1 Å². The second-order valence-electron chi connectivity index (χ2n) is 10.3. The Kier molecular flexibility index (Phi) is 6.30. The van der Waals surface area contributed by atoms with Crippen molar-refractivity contribution in [1.82, 2.24) is 20.0 Å². The van der Waals surface area contributed by atoms with Crippen LogP contribution in [0.2, 0.25) is 0 Å². The number of H-pyrrole nitrogens is 1. The maximum Gasteiger partial charge on any atom is 0.257 e. The van der Waals surface area contributed by atoms with Crippen molar-refractivity contribution in [3.8, 4) is 0 Å². The van der Waals surface area contributed by atoms with E-state index in [0.717, 1.165) is 50.3 Å². The Morgan fingerprint density at radius 1 is 0.943 bits per heavy atom. The molecule has 0 radical (unpaired) electrons. The average molecular weight is 470 g/mol. The first-order valence-electron chi connectivity index (χ1n) is 13.2. The van der Waals surface area contributed by atoms with Gasteiger partial charge in [-0.25, -0.2) is 0 Å². The van der Waals surface area contributed by atoms with Crippen molar-refractivity contribution in [2.75, 3.05) is 37.6 Å². The molecule has 3 aromatic rings. The molecule has 1 atom stereocenters. The van der Waals surface area contributed by atoms with E-state index in [1.54, 1.807) is 6.20 Å². The molecule has 0 bridgehead atoms. The Bertz CT molecular complexity index is 1180. The Labute approximate surface area is 207 Å². The third-order valence-corrected chi connectivity index (χ3v) is 8.08. The fourth-order valence-electron chi connectivity index (χ4n) is 6.16. The molecule has 0 saturated carbocycles. The third-order valence-electron chi connectivity index (χ3n) is 8.08. The van der Waals surface area contributed by atoms with Crippen molar-refractivity contribution < 1.29 is 4.79 Å². The first-order chi connectivity index (χ1) is 17.3. The van der Waals surface area contributed by atoms with E-state index in [1.807, 2.05) is 4.90 Å². The largest absolute Gasteiger partial charge is 0.371 e. The molecule has 6 nitrogen and oxygen atoms in total. The van der Waals surface area contributed by atoms with Gasteiger partial charge in [-0.15, -0.1) is 0 Å². The number of nitrogens with one attached hydrogen (secondary N) is 1. The van der Waals surface area contributed by atoms with Gasteiger partial charge in [-0.1, -0.05) is 42.5 Å². The molecule has 2 aromatic carbocycles. The Hall–Kier alpha value is -3.12. The number of aromatic amines is 1. The number of para-hydroxylation sites is 1. The van der Waals surface area contributed by atoms with E-state index in [2.05, 4.69) is 68.5 Å². The molecule has 35 heavy (non-hydrogen) atoms. The number of fused-ring (bicyclic) bond motifs is 1. The second kappa shape index (κ2) is 9.86. The van der Waals surface area contributed by atoms with Crippen molar-refractivity contribution in [3.05, 3.63) is 82.7 Å². The summed E-state index contributed by atoms with van der Waals surface area (Å²) in [5.74, 6) is 0.424. The lowest BCUT2D eigenvalue weighted by Gasteiger charge is -2.31. The molecule has 1 N–H and O–H groups in total. The number of benzene rings is 2. The second-order valence-corrected chi connectivity index (χ2v) is 10.3. The molecular formula is C29H35N5O. The van der Waals surface area contributed by atoms with Gasteiger partial charge in [-0.05, 0) is 61.4 Å². The summed E-state index contributed by atoms with van der Waals surface area (Å²) >= 11 is 0. The van der Waals surface area contributed by atoms with Crippen LogP contribution in [-0.4, -0.2) is 58.6 Å². The lowest BCUT2D eigenvalue weighted by Crippen LogP contribution is -2.36. The molecule has 1 amide bonds. The van der Waals surface area contributed by atoms with Crippen molar-refractivity contribution >= 4 is 11.6 Å². The van der Waals surface area contributed by atoms with Gasteiger partial charge in [0.15, 0.2) is 0 Å². The zero-order valence-corrected chi connectivity index (χ0v) is 20.5. The summed E-state index contributed by atoms with van der Waals surface area (Å²) in [6.45, 7) is 6.75. The van der Waals surface area contributed by atoms with Crippen LogP contribution in [0.25, 0.3) is 0 Å². The van der Waals surface area contributed by atoms with E-state index >= 15 is 0 Å². The highest BCUT2D eigenvalue weighted by Gasteiger charge is 2.31. The maximum absolute atomic E-state index is 13.5. The molecule has 3 aliphatic heterocycles. The molecular weight excluding hydrogens is 434 g/mol. The molecule has 6 heteroatoms. The van der Waals surface area contributed by atoms with Crippen molar-refractivity contribution in [3.63, 3.8) is 0 Å². The average Bonchev–Trinajstić information content (AvgIpc) is 3.58. The van der Waals surface area contributed by atoms with Gasteiger partial charge in [0.1, 0.15) is 0 Å². The van der Waals surface area contributed by atoms with Gasteiger partial charge in [0.05, 0.1) is 17.5 Å². The van der Waals surface area contributed by atoms with Gasteiger partial charge in [-0.2, -0.15) is 5.10 Å². The Balaban J connectivity index is 1.13. The van der Waals surface area contributed by atoms with Crippen LogP contribution in [0.3, 0.4) is 0 Å². The van der Waals surface area contributed by atoms with E-state index in [0.29, 0.717) is 12.5 Å². The number of rotatable bonds is 5. The number of anilines is 1. The lowest BCUT2D eigenvalue weighted by molar-refractivity contribution is 0.0733. The molecule has 0 spiro atoms. The summed E-state index contributed by atoms with van der Waals surface area (Å²) in [6.07, 6.45) is 7.65. The number of piperidine rings is 1. The van der Waals surface area contributed by atoms with Crippen LogP contribution in [0.4, 0.5) is 5.69 Å². The highest BCUT2D eigenvalue weighted by atomic mass is 16.2. The number of hydrogen-bond acceptors (Lipinski definition) is 4. The first-order valence-corrected chi connectivity index (χ1v) is 13.2. The van der Waals surface area contributed by atoms with Crippen molar-refractivity contribution in [1.29, 1.82) is 0 Å². The minimum Gasteiger partial charge on any atom is -0.371 e. The molecule has 3 aliphatic rings. The monoisotopic (exact) mass is 469 g/mol. The van der Waals surface area contributed by atoms with Gasteiger partial charge in [0.2, 0.25) is 0 Å². The molecule has 1 aromatic heterocycles. The third kappa shape index (κ3) is 4.59. The standard InChI is InChI=1S/C29H35N5O/c35-29(34-17-13-22-8-2-3-9-23(22)21-34)26-18-30-31-28(26)25-12-16-32(20-25)19-24-10-4-5-11-27(24)33-14-6-1-7-15-33/h2-5,8-11,18,25H,1,6-7,12-17,19-21H2,(H,30,31). The number of amides is 1. The molecule has 2 saturated heterocycles. The van der Waals surface area contributed by atoms with Gasteiger partial charge in [0, 0.05) is 50.9 Å². The van der Waals surface area contributed by atoms with Crippen LogP contribution in [0.5, 0.6) is 0 Å². The van der Waals surface area contributed by atoms with E-state index < -0.39 is 0 Å². The van der Waals surface area contributed by atoms with E-state index in [1.165, 1.54) is 54.7 Å². The number of likely N-dealkylation sites (tertiary alicyclic amines) is 1. The zero-order chi connectivity index (χ0) is 23.6. The summed E-state index contributed by atoms with van der Waals surface area (Å²) in [5.41, 5.74) is 7.21. The van der Waals surface area contributed by atoms with Gasteiger partial charge < -0.3 is 9.80 Å². The predicted molar refractivity (Wildman–Crippen MR) is 139 cm³/mol. The summed E-state index contributed by atoms with van der Waals surface area (Å²) < 4.78 is 0. The smallest absolute Gasteiger partial charge is 0.257 e. The minimum absolute atomic E-state index is 0.108. The number of nitrogens with zero attached hydrogens (tertiary/aromatic N) is 4. The van der Waals surface area contributed by atoms with Gasteiger partial charge in [-0.3, -0.25) is 14.8 Å². The normalized spacial score (nSPS) is 20.7. The van der Waals surface area contributed by atoms with Crippen LogP contribution in [0, 0.1) is 0 Å². The van der Waals surface area contributed by atoms with Gasteiger partial charge >= 0.3 is 0 Å². The number of carbonyl (C=O) groups is 1. The topological polar surface area (TPSA) is 55.5 Å². The molecule has 1 unspecified atom stereocenters. The van der Waals surface area contributed by atoms with Crippen LogP contribution in [-0.2, 0) is 19.5 Å². The number of aromatic nitrogens is 2. The highest BCUT2D eigenvalue weighted by molar-refractivity contribution is 5.95. The molecule has 0 aliphatic carbocycles. The summed E-state index contributed by atoms with van der Waals surface area (Å²) in [5, 5.41) is 7.52. The van der Waals surface area contributed by atoms with Crippen LogP contribution < -0.4 is 4.90 Å². The Morgan fingerprint density at radius 3 is 2.63 bits per heavy atom. The quantitative estimate of drug-likeness (QED) is 0.594. The number of carbonyl (C=O) groups excluding carboxylic acids is 1. The highest BCUT2D eigenvalue weighted by Crippen LogP contribution is 2.32. The van der Waals surface area contributed by atoms with Crippen LogP contribution in [0.15, 0.2) is 54.7 Å². The van der Waals surface area contributed by atoms with E-state index in [4.69, 9.17) is 0 Å². The zero-order valence-electron chi connectivity index (χ0n) is 20.5. The van der Waals surface area contributed by atoms with Crippen LogP contribution in [0.1, 0.15) is 64.3 Å². The first kappa shape index (κ1) is 22.4. The summed E-state index contributed by atoms with van der Waals surface area (Å²) in [7, 11) is 0. The van der Waals surface area contributed by atoms with E-state index in [9.17, 15) is 4.79 Å².